The van der Waals surface area contributed by atoms with E-state index in [4.69, 9.17) is 16.3 Å². The Kier molecular flexibility index (Phi) is 9.62. The maximum atomic E-state index is 6.98. The van der Waals surface area contributed by atoms with E-state index in [1.807, 2.05) is 0 Å². The molecule has 2 aromatic rings. The summed E-state index contributed by atoms with van der Waals surface area (Å²) < 4.78 is 5.93. The molecule has 1 heterocycles. The average molecular weight is 607 g/mol. The molecule has 0 saturated heterocycles. The Labute approximate surface area is 269 Å². The van der Waals surface area contributed by atoms with Crippen LogP contribution in [0.4, 0.5) is 0 Å². The molecule has 3 nitrogen and oxygen atoms in total. The number of benzene rings is 2. The maximum Gasteiger partial charge on any atom is 0.123 e. The van der Waals surface area contributed by atoms with Gasteiger partial charge in [0.2, 0.25) is 0 Å². The number of halogens is 1. The Bertz CT molecular complexity index is 1560. The highest BCUT2D eigenvalue weighted by Crippen LogP contribution is 2.48. The molecule has 4 heteroatoms. The third-order valence-corrected chi connectivity index (χ3v) is 10.6. The highest BCUT2D eigenvalue weighted by molar-refractivity contribution is 6.31. The van der Waals surface area contributed by atoms with Crippen LogP contribution in [0, 0.1) is 11.8 Å². The summed E-state index contributed by atoms with van der Waals surface area (Å²) in [6.07, 6.45) is 18.7. The summed E-state index contributed by atoms with van der Waals surface area (Å²) in [6.45, 7) is 8.48. The summed E-state index contributed by atoms with van der Waals surface area (Å²) in [5.74, 6) is 2.47. The van der Waals surface area contributed by atoms with Crippen LogP contribution in [0.2, 0.25) is 5.02 Å². The van der Waals surface area contributed by atoms with E-state index < -0.39 is 0 Å². The smallest absolute Gasteiger partial charge is 0.123 e. The number of methoxy groups -OCH3 is 1. The standard InChI is InChI=1S/C40H47ClN2O/c1-5-29-15-16-31-12-9-13-35(36-24-33(17-21-37(36)41)30-10-7-6-8-11-30)34(31)20-14-27(2)40(29)32-18-22-38(39(44-4)23-19-32)43-25-28(3)42-26-43/h6-8,10-11,17-22,24,27,31,35H,5,9,12-16,23,25-26H2,1-4H3. The van der Waals surface area contributed by atoms with Crippen molar-refractivity contribution in [1.82, 2.24) is 4.90 Å². The van der Waals surface area contributed by atoms with E-state index in [1.54, 1.807) is 23.8 Å². The van der Waals surface area contributed by atoms with Crippen LogP contribution < -0.4 is 0 Å². The van der Waals surface area contributed by atoms with Crippen molar-refractivity contribution in [2.75, 3.05) is 20.3 Å². The van der Waals surface area contributed by atoms with Crippen LogP contribution in [0.5, 0.6) is 0 Å². The second-order valence-corrected chi connectivity index (χ2v) is 13.4. The van der Waals surface area contributed by atoms with Gasteiger partial charge in [-0.3, -0.25) is 4.99 Å². The van der Waals surface area contributed by atoms with Gasteiger partial charge in [0.25, 0.3) is 0 Å². The van der Waals surface area contributed by atoms with E-state index >= 15 is 0 Å². The van der Waals surface area contributed by atoms with E-state index in [2.05, 4.69) is 103 Å². The third kappa shape index (κ3) is 6.40. The number of hydrogen-bond donors (Lipinski definition) is 0. The van der Waals surface area contributed by atoms with Crippen LogP contribution >= 0.6 is 11.6 Å². The van der Waals surface area contributed by atoms with Crippen LogP contribution in [0.15, 0.2) is 112 Å². The summed E-state index contributed by atoms with van der Waals surface area (Å²) in [7, 11) is 1.80. The quantitative estimate of drug-likeness (QED) is 0.305. The van der Waals surface area contributed by atoms with E-state index in [0.717, 1.165) is 43.0 Å². The van der Waals surface area contributed by atoms with Gasteiger partial charge < -0.3 is 9.64 Å². The van der Waals surface area contributed by atoms with Crippen molar-refractivity contribution in [3.05, 3.63) is 117 Å². The highest BCUT2D eigenvalue weighted by atomic mass is 35.5. The number of allylic oxidation sites excluding steroid dienone is 8. The molecule has 1 saturated carbocycles. The molecule has 0 spiro atoms. The molecule has 0 aromatic heterocycles. The normalized spacial score (nSPS) is 24.5. The lowest BCUT2D eigenvalue weighted by Gasteiger charge is -2.34. The van der Waals surface area contributed by atoms with Crippen molar-refractivity contribution in [1.29, 1.82) is 0 Å². The minimum atomic E-state index is 0.392. The van der Waals surface area contributed by atoms with Crippen LogP contribution in [0.1, 0.15) is 83.6 Å². The van der Waals surface area contributed by atoms with Gasteiger partial charge in [-0.1, -0.05) is 97.6 Å². The van der Waals surface area contributed by atoms with Crippen LogP contribution in [0.25, 0.3) is 11.1 Å². The molecule has 3 unspecified atom stereocenters. The van der Waals surface area contributed by atoms with Gasteiger partial charge in [-0.25, -0.2) is 0 Å². The van der Waals surface area contributed by atoms with Gasteiger partial charge in [0.1, 0.15) is 12.4 Å². The van der Waals surface area contributed by atoms with Gasteiger partial charge in [-0.15, -0.1) is 0 Å². The first-order valence-electron chi connectivity index (χ1n) is 16.6. The second-order valence-electron chi connectivity index (χ2n) is 13.0. The number of nitrogens with zero attached hydrogens (tertiary/aromatic N) is 2. The minimum Gasteiger partial charge on any atom is -0.499 e. The zero-order valence-corrected chi connectivity index (χ0v) is 27.7. The first-order valence-corrected chi connectivity index (χ1v) is 17.0. The van der Waals surface area contributed by atoms with E-state index in [-0.39, 0.29) is 0 Å². The number of hydrogen-bond acceptors (Lipinski definition) is 3. The fourth-order valence-electron chi connectivity index (χ4n) is 7.93. The Morgan fingerprint density at radius 2 is 1.84 bits per heavy atom. The maximum absolute atomic E-state index is 6.98. The summed E-state index contributed by atoms with van der Waals surface area (Å²) >= 11 is 6.98. The molecule has 3 atom stereocenters. The molecule has 4 aliphatic rings. The second kappa shape index (κ2) is 13.8. The Morgan fingerprint density at radius 1 is 1.00 bits per heavy atom. The predicted octanol–water partition coefficient (Wildman–Crippen LogP) is 10.8. The number of aliphatic imine (C=N–C) groups is 1. The van der Waals surface area contributed by atoms with Crippen molar-refractivity contribution in [2.24, 2.45) is 16.8 Å². The Morgan fingerprint density at radius 3 is 2.59 bits per heavy atom. The first kappa shape index (κ1) is 30.7. The number of rotatable bonds is 6. The molecule has 2 aromatic carbocycles. The van der Waals surface area contributed by atoms with Gasteiger partial charge in [0.15, 0.2) is 0 Å². The monoisotopic (exact) mass is 606 g/mol. The zero-order valence-electron chi connectivity index (χ0n) is 26.9. The van der Waals surface area contributed by atoms with E-state index in [1.165, 1.54) is 59.4 Å². The summed E-state index contributed by atoms with van der Waals surface area (Å²) in [6, 6.07) is 17.4. The highest BCUT2D eigenvalue weighted by Gasteiger charge is 2.32. The summed E-state index contributed by atoms with van der Waals surface area (Å²) in [5, 5.41) is 0.904. The van der Waals surface area contributed by atoms with Gasteiger partial charge >= 0.3 is 0 Å². The van der Waals surface area contributed by atoms with Gasteiger partial charge in [-0.05, 0) is 103 Å². The Balaban J connectivity index is 1.30. The molecule has 1 fully saturated rings. The SMILES string of the molecule is CCC1=C(C2=CCC(OC)=C(N3CN=C(C)C3)C=C2)C(C)CC=C2C(CCCC2c2cc(-c3ccccc3)ccc2Cl)CC1. The van der Waals surface area contributed by atoms with E-state index in [0.29, 0.717) is 24.4 Å². The number of ether oxygens (including phenoxy) is 1. The molecule has 230 valence electrons. The van der Waals surface area contributed by atoms with Crippen molar-refractivity contribution < 1.29 is 4.74 Å². The summed E-state index contributed by atoms with van der Waals surface area (Å²) in [4.78, 5) is 6.97. The van der Waals surface area contributed by atoms with Gasteiger partial charge in [0.05, 0.1) is 19.4 Å². The molecule has 0 N–H and O–H groups in total. The van der Waals surface area contributed by atoms with Crippen molar-refractivity contribution in [3.8, 4) is 11.1 Å². The Hall–Kier alpha value is -3.30. The van der Waals surface area contributed by atoms with Crippen molar-refractivity contribution in [3.63, 3.8) is 0 Å². The molecule has 3 aliphatic carbocycles. The molecule has 0 radical (unpaired) electrons. The zero-order chi connectivity index (χ0) is 30.6. The third-order valence-electron chi connectivity index (χ3n) is 10.2. The van der Waals surface area contributed by atoms with Crippen LogP contribution in [-0.2, 0) is 4.74 Å². The first-order chi connectivity index (χ1) is 21.5. The predicted molar refractivity (Wildman–Crippen MR) is 186 cm³/mol. The topological polar surface area (TPSA) is 24.8 Å². The van der Waals surface area contributed by atoms with Crippen LogP contribution in [-0.4, -0.2) is 30.9 Å². The fraction of sp³-hybridized carbons (Fsp3) is 0.425. The van der Waals surface area contributed by atoms with Crippen LogP contribution in [0.3, 0.4) is 0 Å². The summed E-state index contributed by atoms with van der Waals surface area (Å²) in [5.41, 5.74) is 12.3. The van der Waals surface area contributed by atoms with Gasteiger partial charge in [-0.2, -0.15) is 0 Å². The van der Waals surface area contributed by atoms with Crippen molar-refractivity contribution in [2.45, 2.75) is 78.1 Å². The minimum absolute atomic E-state index is 0.392. The molecule has 1 aliphatic heterocycles. The largest absolute Gasteiger partial charge is 0.499 e. The molecule has 0 bridgehead atoms. The fourth-order valence-corrected chi connectivity index (χ4v) is 8.18. The van der Waals surface area contributed by atoms with Gasteiger partial charge in [0, 0.05) is 23.1 Å². The molecular weight excluding hydrogens is 560 g/mol. The molecule has 0 amide bonds. The lowest BCUT2D eigenvalue weighted by atomic mass is 9.71. The lowest BCUT2D eigenvalue weighted by molar-refractivity contribution is 0.264. The average Bonchev–Trinajstić information content (AvgIpc) is 3.39. The van der Waals surface area contributed by atoms with E-state index in [9.17, 15) is 0 Å². The van der Waals surface area contributed by atoms with Crippen molar-refractivity contribution >= 4 is 17.3 Å². The molecule has 44 heavy (non-hydrogen) atoms. The molecular formula is C40H47ClN2O. The number of fused-ring (bicyclic) bond motifs is 1. The molecule has 6 rings (SSSR count). The lowest BCUT2D eigenvalue weighted by Crippen LogP contribution is -2.22.